The first-order chi connectivity index (χ1) is 13.1. The number of nitrogens with two attached hydrogens (primary N) is 2. The fourth-order valence-electron chi connectivity index (χ4n) is 2.96. The minimum Gasteiger partial charge on any atom is -0.398 e. The second-order valence-electron chi connectivity index (χ2n) is 6.59. The molecule has 0 saturated carbocycles. The molecule has 0 atom stereocenters. The highest BCUT2D eigenvalue weighted by atomic mass is 19.4. The van der Waals surface area contributed by atoms with Gasteiger partial charge >= 0.3 is 12.4 Å². The third kappa shape index (κ3) is 3.54. The Labute approximate surface area is 161 Å². The van der Waals surface area contributed by atoms with Crippen LogP contribution in [-0.2, 0) is 0 Å². The summed E-state index contributed by atoms with van der Waals surface area (Å²) in [6, 6.07) is 5.76. The van der Waals surface area contributed by atoms with Gasteiger partial charge in [-0.1, -0.05) is 12.1 Å². The lowest BCUT2D eigenvalue weighted by Crippen LogP contribution is -2.61. The highest BCUT2D eigenvalue weighted by Crippen LogP contribution is 2.55. The molecular formula is C19H16F6N2O2. The van der Waals surface area contributed by atoms with Crippen LogP contribution in [0, 0.1) is 19.3 Å². The van der Waals surface area contributed by atoms with E-state index in [0.717, 1.165) is 36.4 Å². The molecule has 0 heterocycles. The van der Waals surface area contributed by atoms with Crippen LogP contribution in [0.2, 0.25) is 0 Å². The van der Waals surface area contributed by atoms with Crippen molar-refractivity contribution in [2.24, 2.45) is 5.41 Å². The lowest BCUT2D eigenvalue weighted by Gasteiger charge is -2.35. The number of ketones is 2. The lowest BCUT2D eigenvalue weighted by molar-refractivity contribution is -0.294. The molecule has 0 aliphatic carbocycles. The Hall–Kier alpha value is -3.04. The van der Waals surface area contributed by atoms with Gasteiger partial charge in [0, 0.05) is 22.5 Å². The number of aryl methyl sites for hydroxylation is 2. The minimum atomic E-state index is -6.31. The standard InChI is InChI=1S/C19H16F6N2O2/c1-9-3-5-11(13(26)7-9)15(28)17(18(20,21)22,19(23,24)25)16(29)12-6-4-10(2)8-14(12)27/h3-8H,26-27H2,1-2H3. The minimum absolute atomic E-state index is 0.401. The molecule has 0 fully saturated rings. The van der Waals surface area contributed by atoms with Gasteiger partial charge in [-0.25, -0.2) is 0 Å². The molecule has 0 amide bonds. The lowest BCUT2D eigenvalue weighted by atomic mass is 9.72. The van der Waals surface area contributed by atoms with Crippen molar-refractivity contribution in [1.82, 2.24) is 0 Å². The summed E-state index contributed by atoms with van der Waals surface area (Å²) in [5.74, 6) is -5.03. The van der Waals surface area contributed by atoms with Crippen LogP contribution in [0.25, 0.3) is 0 Å². The average Bonchev–Trinajstić information content (AvgIpc) is 2.52. The van der Waals surface area contributed by atoms with Gasteiger partial charge in [-0.2, -0.15) is 26.3 Å². The summed E-state index contributed by atoms with van der Waals surface area (Å²) in [6.07, 6.45) is -12.6. The van der Waals surface area contributed by atoms with E-state index in [4.69, 9.17) is 11.5 Å². The Bertz CT molecular complexity index is 900. The molecular weight excluding hydrogens is 402 g/mol. The van der Waals surface area contributed by atoms with Crippen LogP contribution in [-0.4, -0.2) is 23.9 Å². The van der Waals surface area contributed by atoms with Crippen LogP contribution < -0.4 is 11.5 Å². The van der Waals surface area contributed by atoms with Crippen molar-refractivity contribution in [2.45, 2.75) is 26.2 Å². The molecule has 2 aromatic carbocycles. The van der Waals surface area contributed by atoms with E-state index in [-0.39, 0.29) is 0 Å². The second-order valence-corrected chi connectivity index (χ2v) is 6.59. The van der Waals surface area contributed by atoms with Gasteiger partial charge in [-0.05, 0) is 49.2 Å². The average molecular weight is 418 g/mol. The molecule has 4 N–H and O–H groups in total. The number of carbonyl (C=O) groups excluding carboxylic acids is 2. The van der Waals surface area contributed by atoms with Gasteiger partial charge in [0.2, 0.25) is 0 Å². The first kappa shape index (κ1) is 22.3. The van der Waals surface area contributed by atoms with E-state index >= 15 is 0 Å². The number of rotatable bonds is 4. The van der Waals surface area contributed by atoms with E-state index in [1.807, 2.05) is 0 Å². The fourth-order valence-corrected chi connectivity index (χ4v) is 2.96. The molecule has 0 bridgehead atoms. The first-order valence-corrected chi connectivity index (χ1v) is 8.10. The monoisotopic (exact) mass is 418 g/mol. The fraction of sp³-hybridized carbons (Fsp3) is 0.263. The number of halogens is 6. The third-order valence-electron chi connectivity index (χ3n) is 4.43. The number of carbonyl (C=O) groups is 2. The van der Waals surface area contributed by atoms with Crippen molar-refractivity contribution >= 4 is 22.9 Å². The summed E-state index contributed by atoms with van der Waals surface area (Å²) in [6.45, 7) is 2.95. The number of alkyl halides is 6. The van der Waals surface area contributed by atoms with Crippen molar-refractivity contribution in [2.75, 3.05) is 11.5 Å². The zero-order chi connectivity index (χ0) is 22.4. The first-order valence-electron chi connectivity index (χ1n) is 8.10. The Morgan fingerprint density at radius 1 is 0.690 bits per heavy atom. The summed E-state index contributed by atoms with van der Waals surface area (Å²) in [4.78, 5) is 25.4. The summed E-state index contributed by atoms with van der Waals surface area (Å²) in [5.41, 5.74) is 3.08. The van der Waals surface area contributed by atoms with Crippen molar-refractivity contribution in [3.8, 4) is 0 Å². The Morgan fingerprint density at radius 2 is 1.00 bits per heavy atom. The third-order valence-corrected chi connectivity index (χ3v) is 4.43. The second kappa shape index (κ2) is 7.09. The van der Waals surface area contributed by atoms with Gasteiger partial charge in [-0.3, -0.25) is 9.59 Å². The van der Waals surface area contributed by atoms with Crippen molar-refractivity contribution in [3.05, 3.63) is 58.7 Å². The van der Waals surface area contributed by atoms with E-state index in [9.17, 15) is 35.9 Å². The van der Waals surface area contributed by atoms with E-state index in [1.165, 1.54) is 13.8 Å². The zero-order valence-electron chi connectivity index (χ0n) is 15.2. The van der Waals surface area contributed by atoms with Crippen LogP contribution in [0.5, 0.6) is 0 Å². The van der Waals surface area contributed by atoms with Crippen molar-refractivity contribution in [1.29, 1.82) is 0 Å². The van der Waals surface area contributed by atoms with Crippen LogP contribution >= 0.6 is 0 Å². The van der Waals surface area contributed by atoms with Crippen LogP contribution in [0.1, 0.15) is 31.8 Å². The molecule has 0 radical (unpaired) electrons. The molecule has 0 aliphatic heterocycles. The maximum Gasteiger partial charge on any atom is 0.417 e. The number of hydrogen-bond donors (Lipinski definition) is 2. The largest absolute Gasteiger partial charge is 0.417 e. The normalized spacial score (nSPS) is 12.7. The van der Waals surface area contributed by atoms with E-state index in [1.54, 1.807) is 0 Å². The molecule has 156 valence electrons. The zero-order valence-corrected chi connectivity index (χ0v) is 15.2. The Morgan fingerprint density at radius 3 is 1.24 bits per heavy atom. The van der Waals surface area contributed by atoms with Gasteiger partial charge in [0.05, 0.1) is 0 Å². The van der Waals surface area contributed by atoms with Crippen LogP contribution in [0.3, 0.4) is 0 Å². The molecule has 0 aliphatic rings. The van der Waals surface area contributed by atoms with Gasteiger partial charge in [0.1, 0.15) is 0 Å². The SMILES string of the molecule is Cc1ccc(C(=O)C(C(=O)c2ccc(C)cc2N)(C(F)(F)F)C(F)(F)F)c(N)c1. The highest BCUT2D eigenvalue weighted by molar-refractivity contribution is 6.23. The summed E-state index contributed by atoms with van der Waals surface area (Å²) >= 11 is 0. The van der Waals surface area contributed by atoms with Gasteiger partial charge in [0.25, 0.3) is 5.41 Å². The number of hydrogen-bond acceptors (Lipinski definition) is 4. The predicted molar refractivity (Wildman–Crippen MR) is 94.4 cm³/mol. The van der Waals surface area contributed by atoms with E-state index in [2.05, 4.69) is 0 Å². The molecule has 29 heavy (non-hydrogen) atoms. The molecule has 0 saturated heterocycles. The Kier molecular flexibility index (Phi) is 5.44. The van der Waals surface area contributed by atoms with Crippen LogP contribution in [0.15, 0.2) is 36.4 Å². The van der Waals surface area contributed by atoms with E-state index < -0.39 is 51.8 Å². The van der Waals surface area contributed by atoms with Gasteiger partial charge in [-0.15, -0.1) is 0 Å². The van der Waals surface area contributed by atoms with Crippen molar-refractivity contribution in [3.63, 3.8) is 0 Å². The maximum absolute atomic E-state index is 13.9. The van der Waals surface area contributed by atoms with Crippen molar-refractivity contribution < 1.29 is 35.9 Å². The summed E-state index contributed by atoms with van der Waals surface area (Å²) < 4.78 is 83.5. The molecule has 2 rings (SSSR count). The maximum atomic E-state index is 13.9. The predicted octanol–water partition coefficient (Wildman–Crippen LogP) is 4.64. The quantitative estimate of drug-likeness (QED) is 0.328. The summed E-state index contributed by atoms with van der Waals surface area (Å²) in [5, 5.41) is 0. The van der Waals surface area contributed by atoms with Gasteiger partial charge < -0.3 is 11.5 Å². The van der Waals surface area contributed by atoms with Gasteiger partial charge in [0.15, 0.2) is 11.6 Å². The smallest absolute Gasteiger partial charge is 0.398 e. The Balaban J connectivity index is 2.89. The highest BCUT2D eigenvalue weighted by Gasteiger charge is 2.79. The molecule has 0 spiro atoms. The number of Topliss-reactive ketones (excluding diaryl/α,β-unsaturated/α-hetero) is 2. The molecule has 4 nitrogen and oxygen atoms in total. The topological polar surface area (TPSA) is 86.2 Å². The van der Waals surface area contributed by atoms with E-state index in [0.29, 0.717) is 11.1 Å². The number of anilines is 2. The number of benzene rings is 2. The molecule has 10 heteroatoms. The summed E-state index contributed by atoms with van der Waals surface area (Å²) in [7, 11) is 0. The van der Waals surface area contributed by atoms with Crippen LogP contribution in [0.4, 0.5) is 37.7 Å². The number of nitrogen functional groups attached to an aromatic ring is 2. The molecule has 2 aromatic rings. The molecule has 0 aromatic heterocycles. The molecule has 0 unspecified atom stereocenters.